The third-order valence-corrected chi connectivity index (χ3v) is 22.4. The first-order chi connectivity index (χ1) is 55.4. The van der Waals surface area contributed by atoms with Crippen molar-refractivity contribution in [1.82, 2.24) is 29.9 Å². The van der Waals surface area contributed by atoms with Crippen LogP contribution in [0.3, 0.4) is 0 Å². The minimum Gasteiger partial charge on any atom is -0.264 e. The summed E-state index contributed by atoms with van der Waals surface area (Å²) in [7, 11) is 0. The van der Waals surface area contributed by atoms with Crippen LogP contribution in [-0.2, 0) is 0 Å². The van der Waals surface area contributed by atoms with E-state index in [1.54, 1.807) is 0 Å². The first-order valence-corrected chi connectivity index (χ1v) is 37.4. The second-order valence-corrected chi connectivity index (χ2v) is 28.6. The van der Waals surface area contributed by atoms with Crippen molar-refractivity contribution in [3.63, 3.8) is 0 Å². The molecule has 0 saturated heterocycles. The third kappa shape index (κ3) is 11.1. The predicted molar refractivity (Wildman–Crippen MR) is 457 cm³/mol. The van der Waals surface area contributed by atoms with E-state index >= 15 is 0 Å². The van der Waals surface area contributed by atoms with Crippen LogP contribution in [0, 0.1) is 22.7 Å². The van der Waals surface area contributed by atoms with E-state index in [-0.39, 0.29) is 0 Å². The highest BCUT2D eigenvalue weighted by Crippen LogP contribution is 2.54. The van der Waals surface area contributed by atoms with Crippen LogP contribution in [0.25, 0.3) is 221 Å². The molecule has 0 bridgehead atoms. The molecule has 516 valence electrons. The Morgan fingerprint density at radius 2 is 0.482 bits per heavy atom. The molecule has 0 spiro atoms. The number of pyridine rings is 2. The molecule has 0 aliphatic heterocycles. The molecule has 16 aromatic carbocycles. The molecular formula is C104H60N8. The smallest absolute Gasteiger partial charge is 0.160 e. The molecule has 2 aliphatic carbocycles. The Morgan fingerprint density at radius 1 is 0.196 bits per heavy atom. The van der Waals surface area contributed by atoms with E-state index in [1.807, 2.05) is 61.2 Å². The summed E-state index contributed by atoms with van der Waals surface area (Å²) in [6.45, 7) is 0. The summed E-state index contributed by atoms with van der Waals surface area (Å²) in [5.74, 6) is 1.33. The van der Waals surface area contributed by atoms with Gasteiger partial charge in [-0.2, -0.15) is 10.5 Å². The second kappa shape index (κ2) is 26.8. The van der Waals surface area contributed by atoms with Gasteiger partial charge in [0.25, 0.3) is 0 Å². The lowest BCUT2D eigenvalue weighted by molar-refractivity contribution is 1.18. The highest BCUT2D eigenvalue weighted by Gasteiger charge is 2.28. The van der Waals surface area contributed by atoms with Crippen molar-refractivity contribution < 1.29 is 0 Å². The predicted octanol–water partition coefficient (Wildman–Crippen LogP) is 26.4. The summed E-state index contributed by atoms with van der Waals surface area (Å²) in [6, 6.07) is 124. The molecule has 0 amide bonds. The zero-order valence-electron chi connectivity index (χ0n) is 60.2. The molecule has 20 aromatic rings. The van der Waals surface area contributed by atoms with Crippen molar-refractivity contribution in [2.45, 2.75) is 0 Å². The SMILES string of the molecule is N#Cc1ccc(-c2ccc3c4c(ccc(-c5ccc(-c6nc(-c7ccc8ccccc8c7)cc(-c7ccc8ccccc8c7)n6)cc5)c24)-c2ccccc2-3)cc1.N#Cc1ccc(-c2ccc3c4c(ccc(-c5ccc(-c6nc(-c7cccc8cnccc78)cc(-c7cccc8cnccc78)n6)cc5)c24)-c2ccccc2-3)cc1. The van der Waals surface area contributed by atoms with Gasteiger partial charge in [0.15, 0.2) is 11.6 Å². The fourth-order valence-electron chi connectivity index (χ4n) is 16.9. The van der Waals surface area contributed by atoms with Crippen LogP contribution in [0.2, 0.25) is 0 Å². The molecule has 8 nitrogen and oxygen atoms in total. The van der Waals surface area contributed by atoms with Gasteiger partial charge < -0.3 is 0 Å². The van der Waals surface area contributed by atoms with Crippen molar-refractivity contribution in [3.8, 4) is 169 Å². The number of hydrogen-bond acceptors (Lipinski definition) is 8. The number of fused-ring (bicyclic) bond motifs is 10. The normalized spacial score (nSPS) is 11.6. The van der Waals surface area contributed by atoms with Crippen LogP contribution in [0.1, 0.15) is 11.1 Å². The number of rotatable bonds is 10. The summed E-state index contributed by atoms with van der Waals surface area (Å²) in [4.78, 5) is 29.6. The minimum atomic E-state index is 0.646. The van der Waals surface area contributed by atoms with Gasteiger partial charge in [0.05, 0.1) is 46.0 Å². The Hall–Kier alpha value is -15.5. The maximum absolute atomic E-state index is 9.52. The van der Waals surface area contributed by atoms with E-state index in [9.17, 15) is 10.5 Å². The summed E-state index contributed by atoms with van der Waals surface area (Å²) >= 11 is 0. The Balaban J connectivity index is 0.000000141. The number of benzene rings is 16. The zero-order valence-corrected chi connectivity index (χ0v) is 60.2. The first kappa shape index (κ1) is 64.9. The fourth-order valence-corrected chi connectivity index (χ4v) is 16.9. The molecule has 0 unspecified atom stereocenters. The van der Waals surface area contributed by atoms with Crippen LogP contribution in [0.15, 0.2) is 365 Å². The van der Waals surface area contributed by atoms with Crippen molar-refractivity contribution in [2.24, 2.45) is 0 Å². The van der Waals surface area contributed by atoms with Crippen LogP contribution >= 0.6 is 0 Å². The monoisotopic (exact) mass is 1420 g/mol. The maximum Gasteiger partial charge on any atom is 0.160 e. The Labute approximate surface area is 645 Å². The van der Waals surface area contributed by atoms with Gasteiger partial charge in [-0.1, -0.05) is 279 Å². The van der Waals surface area contributed by atoms with Crippen molar-refractivity contribution in [3.05, 3.63) is 376 Å². The molecule has 22 rings (SSSR count). The van der Waals surface area contributed by atoms with Gasteiger partial charge in [-0.15, -0.1) is 0 Å². The van der Waals surface area contributed by atoms with E-state index in [1.165, 1.54) is 87.6 Å². The van der Waals surface area contributed by atoms with Crippen molar-refractivity contribution in [2.75, 3.05) is 0 Å². The highest BCUT2D eigenvalue weighted by molar-refractivity contribution is 6.24. The molecule has 4 aromatic heterocycles. The highest BCUT2D eigenvalue weighted by atomic mass is 14.9. The van der Waals surface area contributed by atoms with Crippen molar-refractivity contribution in [1.29, 1.82) is 10.5 Å². The van der Waals surface area contributed by atoms with Gasteiger partial charge in [0.1, 0.15) is 0 Å². The first-order valence-electron chi connectivity index (χ1n) is 37.4. The number of nitrogens with zero attached hydrogens (tertiary/aromatic N) is 8. The van der Waals surface area contributed by atoms with Gasteiger partial charge >= 0.3 is 0 Å². The zero-order chi connectivity index (χ0) is 74.3. The van der Waals surface area contributed by atoms with E-state index in [0.29, 0.717) is 22.8 Å². The summed E-state index contributed by atoms with van der Waals surface area (Å²) in [6.07, 6.45) is 7.45. The molecule has 0 N–H and O–H groups in total. The lowest BCUT2D eigenvalue weighted by atomic mass is 9.88. The van der Waals surface area contributed by atoms with Crippen LogP contribution in [-0.4, -0.2) is 29.9 Å². The average molecular weight is 1420 g/mol. The third-order valence-electron chi connectivity index (χ3n) is 22.4. The summed E-state index contributed by atoms with van der Waals surface area (Å²) in [5, 5.41) is 33.0. The Bertz CT molecular complexity index is 7110. The molecule has 0 fully saturated rings. The minimum absolute atomic E-state index is 0.646. The Morgan fingerprint density at radius 3 is 0.857 bits per heavy atom. The topological polar surface area (TPSA) is 125 Å². The standard InChI is InChI=1S/C53H31N3.C51H29N5/c54-32-33-13-15-36(16-14-33)43-25-27-47-45-11-5-6-12-46(45)48-28-26-44(51(43)52(47)48)37-19-21-38(22-20-37)53-55-49(41-23-17-34-7-1-3-9-39(34)29-41)31-50(56-53)42-24-18-35-8-2-4-10-40(35)30-42;52-28-31-11-13-32(14-12-31)39-19-21-45-41-7-1-2-8-42(41)46-22-20-40(49(39)50(45)46)33-15-17-34(18-16-33)51-55-47(43-9-3-5-35-29-53-25-23-37(35)43)27-48(56-51)44-10-4-6-36-30-54-26-24-38(36)44/h1-31H;1-27,29-30H. The molecule has 8 heteroatoms. The molecule has 0 saturated carbocycles. The van der Waals surface area contributed by atoms with E-state index in [2.05, 4.69) is 325 Å². The second-order valence-electron chi connectivity index (χ2n) is 28.6. The van der Waals surface area contributed by atoms with Gasteiger partial charge in [-0.3, -0.25) is 9.97 Å². The number of aromatic nitrogens is 6. The average Bonchev–Trinajstić information content (AvgIpc) is 1.57. The van der Waals surface area contributed by atoms with Gasteiger partial charge in [-0.05, 0) is 204 Å². The molecule has 0 atom stereocenters. The molecule has 112 heavy (non-hydrogen) atoms. The van der Waals surface area contributed by atoms with Gasteiger partial charge in [0, 0.05) is 68.9 Å². The molecular weight excluding hydrogens is 1360 g/mol. The molecule has 2 aliphatic rings. The van der Waals surface area contributed by atoms with E-state index in [4.69, 9.17) is 19.9 Å². The van der Waals surface area contributed by atoms with Gasteiger partial charge in [0.2, 0.25) is 0 Å². The summed E-state index contributed by atoms with van der Waals surface area (Å²) < 4.78 is 0. The largest absolute Gasteiger partial charge is 0.264 e. The molecule has 4 heterocycles. The van der Waals surface area contributed by atoms with Crippen molar-refractivity contribution >= 4 is 64.6 Å². The van der Waals surface area contributed by atoms with Crippen LogP contribution < -0.4 is 0 Å². The van der Waals surface area contributed by atoms with E-state index in [0.717, 1.165) is 122 Å². The van der Waals surface area contributed by atoms with E-state index < -0.39 is 0 Å². The lowest BCUT2D eigenvalue weighted by Crippen LogP contribution is -1.97. The molecule has 0 radical (unpaired) electrons. The fraction of sp³-hybridized carbons (Fsp3) is 0. The number of nitriles is 2. The summed E-state index contributed by atoms with van der Waals surface area (Å²) in [5.41, 5.74) is 29.8. The quantitative estimate of drug-likeness (QED) is 0.133. The van der Waals surface area contributed by atoms with Crippen LogP contribution in [0.4, 0.5) is 0 Å². The van der Waals surface area contributed by atoms with Crippen LogP contribution in [0.5, 0.6) is 0 Å². The maximum atomic E-state index is 9.52. The number of hydrogen-bond donors (Lipinski definition) is 0. The van der Waals surface area contributed by atoms with Gasteiger partial charge in [-0.25, -0.2) is 19.9 Å². The lowest BCUT2D eigenvalue weighted by Gasteiger charge is -2.16. The Kier molecular flexibility index (Phi) is 15.5.